The second-order valence-corrected chi connectivity index (χ2v) is 5.31. The van der Waals surface area contributed by atoms with Gasteiger partial charge in [-0.05, 0) is 24.3 Å². The van der Waals surface area contributed by atoms with E-state index in [1.165, 1.54) is 6.20 Å². The van der Waals surface area contributed by atoms with Gasteiger partial charge in [-0.3, -0.25) is 9.89 Å². The van der Waals surface area contributed by atoms with E-state index in [0.717, 1.165) is 11.0 Å². The van der Waals surface area contributed by atoms with Gasteiger partial charge in [0.2, 0.25) is 0 Å². The number of hydrogen-bond donors (Lipinski definition) is 3. The molecule has 25 heavy (non-hydrogen) atoms. The second-order valence-electron chi connectivity index (χ2n) is 5.31. The molecule has 0 unspecified atom stereocenters. The molecule has 0 saturated heterocycles. The second kappa shape index (κ2) is 6.08. The molecular weight excluding hydrogens is 320 g/mol. The molecule has 124 valence electrons. The normalized spacial score (nSPS) is 10.8. The van der Waals surface area contributed by atoms with Gasteiger partial charge < -0.3 is 15.0 Å². The van der Waals surface area contributed by atoms with Crippen molar-refractivity contribution in [3.05, 3.63) is 54.4 Å². The van der Waals surface area contributed by atoms with Gasteiger partial charge in [-0.2, -0.15) is 5.10 Å². The maximum atomic E-state index is 12.2. The number of aromatic nitrogens is 5. The van der Waals surface area contributed by atoms with Crippen LogP contribution in [0, 0.1) is 0 Å². The summed E-state index contributed by atoms with van der Waals surface area (Å²) in [4.78, 5) is 23.9. The number of carbonyl (C=O) groups excluding carboxylic acids is 1. The zero-order valence-electron chi connectivity index (χ0n) is 13.3. The van der Waals surface area contributed by atoms with Crippen LogP contribution in [0.5, 0.6) is 5.75 Å². The number of benzene rings is 1. The molecule has 0 atom stereocenters. The molecule has 0 fully saturated rings. The molecule has 0 bridgehead atoms. The number of nitrogens with zero attached hydrogens (tertiary/aromatic N) is 3. The molecule has 0 radical (unpaired) electrons. The van der Waals surface area contributed by atoms with Crippen LogP contribution in [-0.2, 0) is 0 Å². The van der Waals surface area contributed by atoms with Crippen LogP contribution < -0.4 is 10.1 Å². The van der Waals surface area contributed by atoms with Crippen LogP contribution in [0.1, 0.15) is 10.5 Å². The van der Waals surface area contributed by atoms with E-state index in [1.54, 1.807) is 25.3 Å². The van der Waals surface area contributed by atoms with Gasteiger partial charge >= 0.3 is 0 Å². The number of carbonyl (C=O) groups is 1. The first-order valence-corrected chi connectivity index (χ1v) is 7.55. The lowest BCUT2D eigenvalue weighted by Gasteiger charge is -2.02. The number of anilines is 1. The molecule has 0 saturated carbocycles. The Morgan fingerprint density at radius 3 is 2.84 bits per heavy atom. The number of H-pyrrole nitrogens is 2. The molecule has 3 N–H and O–H groups in total. The molecule has 1 aromatic carbocycles. The summed E-state index contributed by atoms with van der Waals surface area (Å²) >= 11 is 0. The molecule has 0 aliphatic carbocycles. The Bertz CT molecular complexity index is 1000. The molecule has 3 aromatic heterocycles. The van der Waals surface area contributed by atoms with Gasteiger partial charge in [0.15, 0.2) is 11.6 Å². The summed E-state index contributed by atoms with van der Waals surface area (Å²) in [5.74, 6) is 1.27. The monoisotopic (exact) mass is 334 g/mol. The van der Waals surface area contributed by atoms with E-state index in [2.05, 4.69) is 30.5 Å². The van der Waals surface area contributed by atoms with E-state index in [1.807, 2.05) is 24.3 Å². The van der Waals surface area contributed by atoms with Crippen molar-refractivity contribution < 1.29 is 9.53 Å². The van der Waals surface area contributed by atoms with Crippen molar-refractivity contribution in [1.29, 1.82) is 0 Å². The molecule has 8 heteroatoms. The zero-order valence-corrected chi connectivity index (χ0v) is 13.3. The van der Waals surface area contributed by atoms with E-state index < -0.39 is 0 Å². The van der Waals surface area contributed by atoms with Crippen molar-refractivity contribution in [3.63, 3.8) is 0 Å². The summed E-state index contributed by atoms with van der Waals surface area (Å²) in [6.07, 6.45) is 1.49. The molecule has 4 aromatic rings. The zero-order chi connectivity index (χ0) is 17.2. The van der Waals surface area contributed by atoms with Crippen molar-refractivity contribution in [1.82, 2.24) is 25.1 Å². The number of methoxy groups -OCH3 is 1. The molecule has 8 nitrogen and oxygen atoms in total. The number of rotatable bonds is 4. The summed E-state index contributed by atoms with van der Waals surface area (Å²) in [5.41, 5.74) is 2.74. The quantitative estimate of drug-likeness (QED) is 0.531. The van der Waals surface area contributed by atoms with E-state index >= 15 is 0 Å². The highest BCUT2D eigenvalue weighted by atomic mass is 16.5. The van der Waals surface area contributed by atoms with Gasteiger partial charge in [0.1, 0.15) is 17.1 Å². The minimum absolute atomic E-state index is 0.272. The van der Waals surface area contributed by atoms with Crippen LogP contribution in [0.2, 0.25) is 0 Å². The fourth-order valence-corrected chi connectivity index (χ4v) is 2.40. The van der Waals surface area contributed by atoms with Gasteiger partial charge in [-0.1, -0.05) is 12.1 Å². The van der Waals surface area contributed by atoms with Crippen LogP contribution in [0.15, 0.2) is 48.7 Å². The Kier molecular flexibility index (Phi) is 3.62. The first kappa shape index (κ1) is 14.9. The lowest BCUT2D eigenvalue weighted by Crippen LogP contribution is -2.13. The Hall–Kier alpha value is -3.68. The van der Waals surface area contributed by atoms with E-state index in [4.69, 9.17) is 4.74 Å². The van der Waals surface area contributed by atoms with E-state index in [0.29, 0.717) is 23.1 Å². The molecule has 3 heterocycles. The van der Waals surface area contributed by atoms with Crippen LogP contribution >= 0.6 is 0 Å². The van der Waals surface area contributed by atoms with E-state index in [-0.39, 0.29) is 11.6 Å². The van der Waals surface area contributed by atoms with Crippen LogP contribution in [-0.4, -0.2) is 38.2 Å². The van der Waals surface area contributed by atoms with Crippen molar-refractivity contribution in [3.8, 4) is 17.3 Å². The first-order chi connectivity index (χ1) is 12.2. The summed E-state index contributed by atoms with van der Waals surface area (Å²) < 4.78 is 5.02. The Morgan fingerprint density at radius 2 is 2.08 bits per heavy atom. The number of fused-ring (bicyclic) bond motifs is 1. The third-order valence-electron chi connectivity index (χ3n) is 3.67. The number of amides is 1. The van der Waals surface area contributed by atoms with Crippen molar-refractivity contribution in [2.75, 3.05) is 12.4 Å². The third-order valence-corrected chi connectivity index (χ3v) is 3.67. The molecule has 0 aliphatic heterocycles. The molecule has 0 aliphatic rings. The Morgan fingerprint density at radius 1 is 1.20 bits per heavy atom. The number of aromatic amines is 2. The standard InChI is InChI=1S/C17H14N6O2/c1-25-10-6-7-13(18-9-10)17(24)21-15-8-14(22-23-15)16-19-11-4-2-3-5-12(11)20-16/h2-9H,1H3,(H,19,20)(H2,21,22,23,24). The fraction of sp³-hybridized carbons (Fsp3) is 0.0588. The van der Waals surface area contributed by atoms with Crippen LogP contribution in [0.25, 0.3) is 22.6 Å². The third kappa shape index (κ3) is 2.92. The fourth-order valence-electron chi connectivity index (χ4n) is 2.40. The van der Waals surface area contributed by atoms with Crippen molar-refractivity contribution >= 4 is 22.8 Å². The van der Waals surface area contributed by atoms with Gasteiger partial charge in [-0.15, -0.1) is 0 Å². The average Bonchev–Trinajstić information content (AvgIpc) is 3.28. The predicted octanol–water partition coefficient (Wildman–Crippen LogP) is 2.61. The van der Waals surface area contributed by atoms with Gasteiger partial charge in [-0.25, -0.2) is 9.97 Å². The molecular formula is C17H14N6O2. The van der Waals surface area contributed by atoms with Gasteiger partial charge in [0.05, 0.1) is 24.3 Å². The average molecular weight is 334 g/mol. The lowest BCUT2D eigenvalue weighted by atomic mass is 10.3. The molecule has 0 spiro atoms. The maximum Gasteiger partial charge on any atom is 0.275 e. The summed E-state index contributed by atoms with van der Waals surface area (Å²) in [6.45, 7) is 0. The number of hydrogen-bond acceptors (Lipinski definition) is 5. The minimum atomic E-state index is -0.356. The SMILES string of the molecule is COc1ccc(C(=O)Nc2cc(-c3nc4ccccc4[nH]3)[nH]n2)nc1. The van der Waals surface area contributed by atoms with Gasteiger partial charge in [0, 0.05) is 6.07 Å². The highest BCUT2D eigenvalue weighted by Crippen LogP contribution is 2.20. The van der Waals surface area contributed by atoms with Crippen molar-refractivity contribution in [2.45, 2.75) is 0 Å². The summed E-state index contributed by atoms with van der Waals surface area (Å²) in [6, 6.07) is 12.7. The first-order valence-electron chi connectivity index (χ1n) is 7.55. The number of ether oxygens (including phenoxy) is 1. The number of nitrogens with one attached hydrogen (secondary N) is 3. The van der Waals surface area contributed by atoms with Crippen LogP contribution in [0.4, 0.5) is 5.82 Å². The predicted molar refractivity (Wildman–Crippen MR) is 92.4 cm³/mol. The minimum Gasteiger partial charge on any atom is -0.495 e. The maximum absolute atomic E-state index is 12.2. The van der Waals surface area contributed by atoms with Gasteiger partial charge in [0.25, 0.3) is 5.91 Å². The Labute approximate surface area is 142 Å². The largest absolute Gasteiger partial charge is 0.495 e. The smallest absolute Gasteiger partial charge is 0.275 e. The van der Waals surface area contributed by atoms with E-state index in [9.17, 15) is 4.79 Å². The lowest BCUT2D eigenvalue weighted by molar-refractivity contribution is 0.102. The number of para-hydroxylation sites is 2. The highest BCUT2D eigenvalue weighted by Gasteiger charge is 2.12. The van der Waals surface area contributed by atoms with Crippen molar-refractivity contribution in [2.24, 2.45) is 0 Å². The number of imidazole rings is 1. The topological polar surface area (TPSA) is 109 Å². The van der Waals surface area contributed by atoms with Crippen LogP contribution in [0.3, 0.4) is 0 Å². The Balaban J connectivity index is 1.53. The number of pyridine rings is 1. The summed E-state index contributed by atoms with van der Waals surface area (Å²) in [5, 5.41) is 9.65. The summed E-state index contributed by atoms with van der Waals surface area (Å²) in [7, 11) is 1.54. The molecule has 1 amide bonds. The highest BCUT2D eigenvalue weighted by molar-refractivity contribution is 6.02. The molecule has 4 rings (SSSR count).